The summed E-state index contributed by atoms with van der Waals surface area (Å²) in [5, 5.41) is 25.3. The van der Waals surface area contributed by atoms with E-state index >= 15 is 0 Å². The van der Waals surface area contributed by atoms with Crippen LogP contribution in [0.3, 0.4) is 0 Å². The van der Waals surface area contributed by atoms with E-state index in [0.29, 0.717) is 34.7 Å². The monoisotopic (exact) mass is 617 g/mol. The van der Waals surface area contributed by atoms with Crippen LogP contribution in [0, 0.1) is 19.8 Å². The van der Waals surface area contributed by atoms with Gasteiger partial charge >= 0.3 is 0 Å². The lowest BCUT2D eigenvalue weighted by Gasteiger charge is -2.34. The van der Waals surface area contributed by atoms with E-state index in [4.69, 9.17) is 0 Å². The standard InChI is InChI=1S/C38H43N5O3/c1-25(23-42-16-14-41(4)15-17-42)24-43-27(3)26(2)33-20-29(8-9-34(33)43)18-28-6-5-7-31(19-28)38(46)40-32-21-35(44)37(36(45)22-32)30-10-12-39-13-11-30/h5-13,19-22,25,44-45H,14-18,23-24H2,1-4H3,(H,40,46). The third kappa shape index (κ3) is 6.78. The van der Waals surface area contributed by atoms with Gasteiger partial charge in [0.25, 0.3) is 5.91 Å². The zero-order valence-corrected chi connectivity index (χ0v) is 27.1. The predicted octanol–water partition coefficient (Wildman–Crippen LogP) is 6.46. The molecule has 8 heteroatoms. The number of carbonyl (C=O) groups excluding carboxylic acids is 1. The van der Waals surface area contributed by atoms with Crippen LogP contribution in [0.15, 0.2) is 79.1 Å². The van der Waals surface area contributed by atoms with E-state index in [1.54, 1.807) is 30.6 Å². The molecule has 0 saturated carbocycles. The molecule has 1 atom stereocenters. The van der Waals surface area contributed by atoms with Gasteiger partial charge in [0, 0.05) is 91.6 Å². The summed E-state index contributed by atoms with van der Waals surface area (Å²) in [5.74, 6) is -0.0241. The molecule has 8 nitrogen and oxygen atoms in total. The number of nitrogens with zero attached hydrogens (tertiary/aromatic N) is 4. The third-order valence-corrected chi connectivity index (χ3v) is 9.28. The van der Waals surface area contributed by atoms with E-state index in [0.717, 1.165) is 44.8 Å². The summed E-state index contributed by atoms with van der Waals surface area (Å²) < 4.78 is 2.49. The van der Waals surface area contributed by atoms with E-state index in [1.165, 1.54) is 39.9 Å². The molecule has 1 aliphatic heterocycles. The molecular weight excluding hydrogens is 574 g/mol. The van der Waals surface area contributed by atoms with Gasteiger partial charge < -0.3 is 29.9 Å². The maximum atomic E-state index is 13.2. The van der Waals surface area contributed by atoms with Gasteiger partial charge in [-0.3, -0.25) is 9.78 Å². The van der Waals surface area contributed by atoms with Crippen LogP contribution in [-0.2, 0) is 13.0 Å². The first-order chi connectivity index (χ1) is 22.2. The molecule has 0 spiro atoms. The molecule has 0 aliphatic carbocycles. The topological polar surface area (TPSA) is 93.9 Å². The molecule has 1 amide bonds. The van der Waals surface area contributed by atoms with Crippen LogP contribution < -0.4 is 5.32 Å². The average molecular weight is 618 g/mol. The fourth-order valence-corrected chi connectivity index (χ4v) is 6.64. The maximum absolute atomic E-state index is 13.2. The number of benzene rings is 3. The van der Waals surface area contributed by atoms with Gasteiger partial charge in [-0.1, -0.05) is 25.1 Å². The molecule has 1 saturated heterocycles. The quantitative estimate of drug-likeness (QED) is 0.176. The minimum atomic E-state index is -0.318. The third-order valence-electron chi connectivity index (χ3n) is 9.28. The van der Waals surface area contributed by atoms with Gasteiger partial charge in [0.2, 0.25) is 0 Å². The summed E-state index contributed by atoms with van der Waals surface area (Å²) in [6, 6.07) is 20.6. The Labute approximate surface area is 270 Å². The van der Waals surface area contributed by atoms with Gasteiger partial charge in [0.1, 0.15) is 11.5 Å². The number of phenols is 2. The maximum Gasteiger partial charge on any atom is 0.255 e. The van der Waals surface area contributed by atoms with Crippen molar-refractivity contribution in [3.05, 3.63) is 107 Å². The lowest BCUT2D eigenvalue weighted by molar-refractivity contribution is 0.102. The SMILES string of the molecule is Cc1c(C)n(CC(C)CN2CCN(C)CC2)c2ccc(Cc3cccc(C(=O)Nc4cc(O)c(-c5ccncc5)c(O)c4)c3)cc12. The van der Waals surface area contributed by atoms with Crippen molar-refractivity contribution in [1.82, 2.24) is 19.4 Å². The van der Waals surface area contributed by atoms with Gasteiger partial charge in [0.15, 0.2) is 0 Å². The Morgan fingerprint density at radius 1 is 0.891 bits per heavy atom. The number of aromatic nitrogens is 2. The van der Waals surface area contributed by atoms with Crippen molar-refractivity contribution in [3.8, 4) is 22.6 Å². The molecule has 238 valence electrons. The number of carbonyl (C=O) groups is 1. The predicted molar refractivity (Wildman–Crippen MR) is 185 cm³/mol. The Morgan fingerprint density at radius 3 is 2.30 bits per heavy atom. The number of aromatic hydroxyl groups is 2. The fraction of sp³-hybridized carbons (Fsp3) is 0.316. The number of hydrogen-bond donors (Lipinski definition) is 3. The Bertz CT molecular complexity index is 1830. The number of piperazine rings is 1. The van der Waals surface area contributed by atoms with Gasteiger partial charge in [-0.05, 0) is 91.9 Å². The molecule has 0 radical (unpaired) electrons. The fourth-order valence-electron chi connectivity index (χ4n) is 6.64. The summed E-state index contributed by atoms with van der Waals surface area (Å²) in [6.07, 6.45) is 3.87. The number of hydrogen-bond acceptors (Lipinski definition) is 6. The summed E-state index contributed by atoms with van der Waals surface area (Å²) >= 11 is 0. The number of nitrogens with one attached hydrogen (secondary N) is 1. The molecular formula is C38H43N5O3. The lowest BCUT2D eigenvalue weighted by atomic mass is 10.0. The number of rotatable bonds is 9. The van der Waals surface area contributed by atoms with Crippen LogP contribution in [0.2, 0.25) is 0 Å². The van der Waals surface area contributed by atoms with Crippen LogP contribution in [-0.4, -0.2) is 75.2 Å². The lowest BCUT2D eigenvalue weighted by Crippen LogP contribution is -2.46. The van der Waals surface area contributed by atoms with Crippen molar-refractivity contribution in [3.63, 3.8) is 0 Å². The zero-order chi connectivity index (χ0) is 32.4. The molecule has 46 heavy (non-hydrogen) atoms. The minimum Gasteiger partial charge on any atom is -0.507 e. The molecule has 5 aromatic rings. The number of amides is 1. The Morgan fingerprint density at radius 2 is 1.59 bits per heavy atom. The molecule has 2 aromatic heterocycles. The van der Waals surface area contributed by atoms with Crippen LogP contribution in [0.4, 0.5) is 5.69 Å². The first-order valence-electron chi connectivity index (χ1n) is 16.0. The molecule has 3 aromatic carbocycles. The average Bonchev–Trinajstić information content (AvgIpc) is 3.26. The van der Waals surface area contributed by atoms with E-state index in [2.05, 4.69) is 70.7 Å². The van der Waals surface area contributed by atoms with E-state index in [1.807, 2.05) is 18.2 Å². The molecule has 1 unspecified atom stereocenters. The van der Waals surface area contributed by atoms with Crippen LogP contribution >= 0.6 is 0 Å². The minimum absolute atomic E-state index is 0.130. The van der Waals surface area contributed by atoms with Crippen molar-refractivity contribution in [1.29, 1.82) is 0 Å². The van der Waals surface area contributed by atoms with Crippen molar-refractivity contribution < 1.29 is 15.0 Å². The molecule has 3 N–H and O–H groups in total. The second kappa shape index (κ2) is 13.4. The number of fused-ring (bicyclic) bond motifs is 1. The first kappa shape index (κ1) is 31.3. The molecule has 6 rings (SSSR count). The molecule has 1 fully saturated rings. The number of phenolic OH excluding ortho intramolecular Hbond substituents is 2. The van der Waals surface area contributed by atoms with E-state index in [9.17, 15) is 15.0 Å². The smallest absolute Gasteiger partial charge is 0.255 e. The highest BCUT2D eigenvalue weighted by Gasteiger charge is 2.19. The summed E-state index contributed by atoms with van der Waals surface area (Å²) in [5.41, 5.74) is 7.87. The highest BCUT2D eigenvalue weighted by Crippen LogP contribution is 2.39. The Balaban J connectivity index is 1.14. The van der Waals surface area contributed by atoms with Crippen LogP contribution in [0.5, 0.6) is 11.5 Å². The summed E-state index contributed by atoms with van der Waals surface area (Å²) in [4.78, 5) is 22.2. The molecule has 1 aliphatic rings. The van der Waals surface area contributed by atoms with Gasteiger partial charge in [0.05, 0.1) is 5.56 Å². The second-order valence-electron chi connectivity index (χ2n) is 12.8. The van der Waals surface area contributed by atoms with Crippen LogP contribution in [0.1, 0.15) is 39.7 Å². The highest BCUT2D eigenvalue weighted by atomic mass is 16.3. The summed E-state index contributed by atoms with van der Waals surface area (Å²) in [6.45, 7) is 13.5. The highest BCUT2D eigenvalue weighted by molar-refractivity contribution is 6.05. The zero-order valence-electron chi connectivity index (χ0n) is 27.1. The van der Waals surface area contributed by atoms with E-state index < -0.39 is 0 Å². The normalized spacial score (nSPS) is 14.9. The number of aryl methyl sites for hydroxylation is 1. The number of pyridine rings is 1. The van der Waals surface area contributed by atoms with Crippen LogP contribution in [0.25, 0.3) is 22.0 Å². The van der Waals surface area contributed by atoms with Crippen molar-refractivity contribution in [2.24, 2.45) is 5.92 Å². The Kier molecular flexibility index (Phi) is 9.10. The second-order valence-corrected chi connectivity index (χ2v) is 12.8. The first-order valence-corrected chi connectivity index (χ1v) is 16.0. The number of anilines is 1. The molecule has 3 heterocycles. The summed E-state index contributed by atoms with van der Waals surface area (Å²) in [7, 11) is 2.20. The molecule has 0 bridgehead atoms. The van der Waals surface area contributed by atoms with Gasteiger partial charge in [-0.25, -0.2) is 0 Å². The van der Waals surface area contributed by atoms with Gasteiger partial charge in [-0.2, -0.15) is 0 Å². The number of likely N-dealkylation sites (N-methyl/N-ethyl adjacent to an activating group) is 1. The Hall–Kier alpha value is -4.66. The van der Waals surface area contributed by atoms with E-state index in [-0.39, 0.29) is 17.4 Å². The van der Waals surface area contributed by atoms with Gasteiger partial charge in [-0.15, -0.1) is 0 Å². The largest absolute Gasteiger partial charge is 0.507 e. The van der Waals surface area contributed by atoms with Crippen molar-refractivity contribution >= 4 is 22.5 Å². The van der Waals surface area contributed by atoms with Crippen molar-refractivity contribution in [2.45, 2.75) is 33.7 Å². The van der Waals surface area contributed by atoms with Crippen molar-refractivity contribution in [2.75, 3.05) is 45.1 Å².